The normalized spacial score (nSPS) is 29.7. The van der Waals surface area contributed by atoms with Crippen molar-refractivity contribution >= 4 is 0 Å². The maximum atomic E-state index is 5.83. The van der Waals surface area contributed by atoms with Gasteiger partial charge in [0.15, 0.2) is 0 Å². The van der Waals surface area contributed by atoms with Gasteiger partial charge in [0.1, 0.15) is 0 Å². The van der Waals surface area contributed by atoms with Crippen LogP contribution in [-0.2, 0) is 4.74 Å². The largest absolute Gasteiger partial charge is 0.381 e. The molecule has 124 valence electrons. The van der Waals surface area contributed by atoms with Crippen molar-refractivity contribution in [1.29, 1.82) is 0 Å². The summed E-state index contributed by atoms with van der Waals surface area (Å²) in [5.74, 6) is 0.890. The summed E-state index contributed by atoms with van der Waals surface area (Å²) < 4.78 is 5.83. The first-order valence-electron chi connectivity index (χ1n) is 8.96. The van der Waals surface area contributed by atoms with Crippen LogP contribution in [0.1, 0.15) is 53.4 Å². The molecule has 0 aromatic carbocycles. The molecule has 3 nitrogen and oxygen atoms in total. The highest BCUT2D eigenvalue weighted by Crippen LogP contribution is 2.36. The molecule has 2 aliphatic heterocycles. The lowest BCUT2D eigenvalue weighted by Crippen LogP contribution is -2.51. The Bertz CT molecular complexity index is 297. The Morgan fingerprint density at radius 3 is 2.48 bits per heavy atom. The third kappa shape index (κ3) is 4.94. The van der Waals surface area contributed by atoms with Crippen LogP contribution in [0.15, 0.2) is 0 Å². The van der Waals surface area contributed by atoms with E-state index in [4.69, 9.17) is 4.74 Å². The predicted molar refractivity (Wildman–Crippen MR) is 89.6 cm³/mol. The van der Waals surface area contributed by atoms with Crippen LogP contribution in [0.3, 0.4) is 0 Å². The third-order valence-corrected chi connectivity index (χ3v) is 5.53. The first-order valence-corrected chi connectivity index (χ1v) is 8.96. The van der Waals surface area contributed by atoms with Crippen molar-refractivity contribution in [1.82, 2.24) is 10.2 Å². The molecule has 1 atom stereocenters. The van der Waals surface area contributed by atoms with Crippen LogP contribution >= 0.6 is 0 Å². The predicted octanol–water partition coefficient (Wildman–Crippen LogP) is 3.15. The Hall–Kier alpha value is -0.120. The average molecular weight is 296 g/mol. The Balaban J connectivity index is 1.87. The SMILES string of the molecule is CCNCC1(CN2CCC(C(C)(C)C)CC2)CCCOC1. The minimum absolute atomic E-state index is 0.350. The van der Waals surface area contributed by atoms with Crippen LogP contribution in [0.5, 0.6) is 0 Å². The molecule has 0 spiro atoms. The molecule has 2 rings (SSSR count). The highest BCUT2D eigenvalue weighted by molar-refractivity contribution is 4.89. The van der Waals surface area contributed by atoms with Gasteiger partial charge in [0.25, 0.3) is 0 Å². The lowest BCUT2D eigenvalue weighted by atomic mass is 9.74. The fourth-order valence-corrected chi connectivity index (χ4v) is 4.05. The van der Waals surface area contributed by atoms with Crippen molar-refractivity contribution in [2.24, 2.45) is 16.7 Å². The molecule has 0 saturated carbocycles. The minimum atomic E-state index is 0.350. The van der Waals surface area contributed by atoms with Crippen LogP contribution in [-0.4, -0.2) is 50.8 Å². The quantitative estimate of drug-likeness (QED) is 0.843. The molecular formula is C18H36N2O. The average Bonchev–Trinajstić information content (AvgIpc) is 2.46. The van der Waals surface area contributed by atoms with Gasteiger partial charge in [0.05, 0.1) is 6.61 Å². The first-order chi connectivity index (χ1) is 9.95. The summed E-state index contributed by atoms with van der Waals surface area (Å²) >= 11 is 0. The van der Waals surface area contributed by atoms with Crippen LogP contribution < -0.4 is 5.32 Å². The Kier molecular flexibility index (Phi) is 6.10. The lowest BCUT2D eigenvalue weighted by Gasteiger charge is -2.45. The van der Waals surface area contributed by atoms with Crippen LogP contribution in [0.25, 0.3) is 0 Å². The highest BCUT2D eigenvalue weighted by Gasteiger charge is 2.36. The number of nitrogens with zero attached hydrogens (tertiary/aromatic N) is 1. The Labute approximate surface area is 131 Å². The Morgan fingerprint density at radius 2 is 1.95 bits per heavy atom. The number of ether oxygens (including phenoxy) is 1. The van der Waals surface area contributed by atoms with Crippen molar-refractivity contribution in [3.05, 3.63) is 0 Å². The highest BCUT2D eigenvalue weighted by atomic mass is 16.5. The summed E-state index contributed by atoms with van der Waals surface area (Å²) in [5.41, 5.74) is 0.824. The van der Waals surface area contributed by atoms with E-state index in [0.717, 1.165) is 32.2 Å². The number of likely N-dealkylation sites (tertiary alicyclic amines) is 1. The topological polar surface area (TPSA) is 24.5 Å². The van der Waals surface area contributed by atoms with Crippen molar-refractivity contribution in [2.45, 2.75) is 53.4 Å². The molecule has 0 bridgehead atoms. The second kappa shape index (κ2) is 7.43. The Morgan fingerprint density at radius 1 is 1.24 bits per heavy atom. The van der Waals surface area contributed by atoms with Gasteiger partial charge in [-0.2, -0.15) is 0 Å². The molecule has 0 radical (unpaired) electrons. The van der Waals surface area contributed by atoms with Gasteiger partial charge >= 0.3 is 0 Å². The van der Waals surface area contributed by atoms with Gasteiger partial charge in [0.2, 0.25) is 0 Å². The van der Waals surface area contributed by atoms with E-state index < -0.39 is 0 Å². The summed E-state index contributed by atoms with van der Waals surface area (Å²) in [4.78, 5) is 2.70. The van der Waals surface area contributed by atoms with E-state index in [9.17, 15) is 0 Å². The zero-order valence-corrected chi connectivity index (χ0v) is 14.7. The molecule has 2 heterocycles. The second-order valence-electron chi connectivity index (χ2n) is 8.35. The first kappa shape index (κ1) is 17.2. The molecule has 1 N–H and O–H groups in total. The van der Waals surface area contributed by atoms with E-state index in [-0.39, 0.29) is 0 Å². The van der Waals surface area contributed by atoms with E-state index >= 15 is 0 Å². The number of rotatable bonds is 5. The van der Waals surface area contributed by atoms with E-state index in [0.29, 0.717) is 10.8 Å². The molecule has 0 aliphatic carbocycles. The molecule has 3 heteroatoms. The molecule has 0 aromatic heterocycles. The standard InChI is InChI=1S/C18H36N2O/c1-5-19-13-18(9-6-12-21-15-18)14-20-10-7-16(8-11-20)17(2,3)4/h16,19H,5-15H2,1-4H3. The molecule has 2 saturated heterocycles. The zero-order valence-electron chi connectivity index (χ0n) is 14.7. The summed E-state index contributed by atoms with van der Waals surface area (Å²) in [7, 11) is 0. The number of piperidine rings is 1. The smallest absolute Gasteiger partial charge is 0.0546 e. The van der Waals surface area contributed by atoms with Gasteiger partial charge in [-0.25, -0.2) is 0 Å². The van der Waals surface area contributed by atoms with Crippen LogP contribution in [0, 0.1) is 16.7 Å². The minimum Gasteiger partial charge on any atom is -0.381 e. The third-order valence-electron chi connectivity index (χ3n) is 5.53. The van der Waals surface area contributed by atoms with E-state index in [1.165, 1.54) is 45.3 Å². The van der Waals surface area contributed by atoms with Crippen molar-refractivity contribution < 1.29 is 4.74 Å². The summed E-state index contributed by atoms with van der Waals surface area (Å²) in [6.45, 7) is 17.2. The summed E-state index contributed by atoms with van der Waals surface area (Å²) in [6, 6.07) is 0. The molecule has 2 aliphatic rings. The van der Waals surface area contributed by atoms with Gasteiger partial charge in [-0.15, -0.1) is 0 Å². The fourth-order valence-electron chi connectivity index (χ4n) is 4.05. The van der Waals surface area contributed by atoms with Gasteiger partial charge in [-0.3, -0.25) is 0 Å². The van der Waals surface area contributed by atoms with Gasteiger partial charge < -0.3 is 15.0 Å². The van der Waals surface area contributed by atoms with E-state index in [1.54, 1.807) is 0 Å². The maximum Gasteiger partial charge on any atom is 0.0546 e. The molecule has 0 amide bonds. The van der Waals surface area contributed by atoms with Gasteiger partial charge in [-0.1, -0.05) is 27.7 Å². The molecule has 21 heavy (non-hydrogen) atoms. The van der Waals surface area contributed by atoms with E-state index in [2.05, 4.69) is 37.9 Å². The number of nitrogens with one attached hydrogen (secondary N) is 1. The number of hydrogen-bond donors (Lipinski definition) is 1. The van der Waals surface area contributed by atoms with Crippen LogP contribution in [0.4, 0.5) is 0 Å². The van der Waals surface area contributed by atoms with Crippen molar-refractivity contribution in [3.8, 4) is 0 Å². The molecule has 0 aromatic rings. The summed E-state index contributed by atoms with van der Waals surface area (Å²) in [6.07, 6.45) is 5.27. The number of hydrogen-bond acceptors (Lipinski definition) is 3. The molecule has 2 fully saturated rings. The molecule has 1 unspecified atom stereocenters. The van der Waals surface area contributed by atoms with Gasteiger partial charge in [0, 0.05) is 25.1 Å². The van der Waals surface area contributed by atoms with Crippen LogP contribution in [0.2, 0.25) is 0 Å². The second-order valence-corrected chi connectivity index (χ2v) is 8.35. The fraction of sp³-hybridized carbons (Fsp3) is 1.00. The van der Waals surface area contributed by atoms with Crippen molar-refractivity contribution in [2.75, 3.05) is 45.9 Å². The summed E-state index contributed by atoms with van der Waals surface area (Å²) in [5, 5.41) is 3.57. The zero-order chi connectivity index (χ0) is 15.3. The van der Waals surface area contributed by atoms with E-state index in [1.807, 2.05) is 0 Å². The lowest BCUT2D eigenvalue weighted by molar-refractivity contribution is -0.0334. The maximum absolute atomic E-state index is 5.83. The van der Waals surface area contributed by atoms with Crippen molar-refractivity contribution in [3.63, 3.8) is 0 Å². The monoisotopic (exact) mass is 296 g/mol. The molecular weight excluding hydrogens is 260 g/mol. The van der Waals surface area contributed by atoms with Gasteiger partial charge in [-0.05, 0) is 56.7 Å².